The highest BCUT2D eigenvalue weighted by Crippen LogP contribution is 2.28. The summed E-state index contributed by atoms with van der Waals surface area (Å²) in [5.74, 6) is 0. The van der Waals surface area contributed by atoms with Gasteiger partial charge in [-0.3, -0.25) is 0 Å². The zero-order valence-corrected chi connectivity index (χ0v) is 11.5. The minimum atomic E-state index is 0.0204. The summed E-state index contributed by atoms with van der Waals surface area (Å²) in [6, 6.07) is 0.614. The lowest BCUT2D eigenvalue weighted by Gasteiger charge is -2.33. The van der Waals surface area contributed by atoms with Crippen molar-refractivity contribution in [2.45, 2.75) is 50.3 Å². The SMILES string of the molecule is CC1CC(CN)(NCC2(C)CCCO2)CN1C. The van der Waals surface area contributed by atoms with E-state index in [0.29, 0.717) is 12.6 Å². The average Bonchev–Trinajstić information content (AvgIpc) is 2.84. The van der Waals surface area contributed by atoms with Crippen molar-refractivity contribution in [1.82, 2.24) is 10.2 Å². The molecule has 3 unspecified atom stereocenters. The fourth-order valence-corrected chi connectivity index (χ4v) is 3.12. The molecule has 2 heterocycles. The molecule has 2 aliphatic rings. The number of likely N-dealkylation sites (N-methyl/N-ethyl adjacent to an activating group) is 1. The van der Waals surface area contributed by atoms with Crippen LogP contribution in [-0.4, -0.2) is 55.4 Å². The lowest BCUT2D eigenvalue weighted by Crippen LogP contribution is -2.56. The van der Waals surface area contributed by atoms with E-state index in [9.17, 15) is 0 Å². The zero-order valence-electron chi connectivity index (χ0n) is 11.5. The lowest BCUT2D eigenvalue weighted by molar-refractivity contribution is 0.0148. The largest absolute Gasteiger partial charge is 0.374 e. The monoisotopic (exact) mass is 241 g/mol. The van der Waals surface area contributed by atoms with Gasteiger partial charge in [-0.15, -0.1) is 0 Å². The van der Waals surface area contributed by atoms with Crippen molar-refractivity contribution in [3.8, 4) is 0 Å². The third-order valence-corrected chi connectivity index (χ3v) is 4.52. The van der Waals surface area contributed by atoms with Gasteiger partial charge >= 0.3 is 0 Å². The number of nitrogens with one attached hydrogen (secondary N) is 1. The maximum Gasteiger partial charge on any atom is 0.0779 e. The smallest absolute Gasteiger partial charge is 0.0779 e. The second kappa shape index (κ2) is 4.84. The molecule has 4 nitrogen and oxygen atoms in total. The number of hydrogen-bond acceptors (Lipinski definition) is 4. The maximum absolute atomic E-state index is 5.99. The van der Waals surface area contributed by atoms with Crippen LogP contribution < -0.4 is 11.1 Å². The van der Waals surface area contributed by atoms with Crippen molar-refractivity contribution in [2.24, 2.45) is 5.73 Å². The molecule has 3 atom stereocenters. The molecule has 3 N–H and O–H groups in total. The van der Waals surface area contributed by atoms with Gasteiger partial charge in [-0.25, -0.2) is 0 Å². The van der Waals surface area contributed by atoms with E-state index in [1.165, 1.54) is 6.42 Å². The third-order valence-electron chi connectivity index (χ3n) is 4.52. The van der Waals surface area contributed by atoms with Gasteiger partial charge in [0.1, 0.15) is 0 Å². The summed E-state index contributed by atoms with van der Waals surface area (Å²) < 4.78 is 5.83. The van der Waals surface area contributed by atoms with Gasteiger partial charge in [0.15, 0.2) is 0 Å². The Labute approximate surface area is 105 Å². The molecule has 2 fully saturated rings. The minimum absolute atomic E-state index is 0.0204. The van der Waals surface area contributed by atoms with Crippen LogP contribution in [0, 0.1) is 0 Å². The summed E-state index contributed by atoms with van der Waals surface area (Å²) >= 11 is 0. The molecule has 0 saturated carbocycles. The van der Waals surface area contributed by atoms with Crippen molar-refractivity contribution < 1.29 is 4.74 Å². The predicted octanol–water partition coefficient (Wildman–Crippen LogP) is 0.567. The summed E-state index contributed by atoms with van der Waals surface area (Å²) in [7, 11) is 2.18. The molecule has 0 aromatic heterocycles. The Balaban J connectivity index is 1.92. The van der Waals surface area contributed by atoms with Gasteiger partial charge in [-0.05, 0) is 40.2 Å². The van der Waals surface area contributed by atoms with E-state index in [0.717, 1.165) is 32.5 Å². The van der Waals surface area contributed by atoms with Crippen molar-refractivity contribution in [3.05, 3.63) is 0 Å². The van der Waals surface area contributed by atoms with Crippen LogP contribution in [0.3, 0.4) is 0 Å². The standard InChI is InChI=1S/C13H27N3O/c1-11-7-13(8-14,10-16(11)3)15-9-12(2)5-4-6-17-12/h11,15H,4-10,14H2,1-3H3. The molecule has 100 valence electrons. The Morgan fingerprint density at radius 2 is 2.29 bits per heavy atom. The van der Waals surface area contributed by atoms with E-state index in [1.54, 1.807) is 0 Å². The topological polar surface area (TPSA) is 50.5 Å². The van der Waals surface area contributed by atoms with Crippen molar-refractivity contribution in [1.29, 1.82) is 0 Å². The summed E-state index contributed by atoms with van der Waals surface area (Å²) in [5.41, 5.74) is 6.10. The van der Waals surface area contributed by atoms with Crippen LogP contribution in [0.25, 0.3) is 0 Å². The van der Waals surface area contributed by atoms with E-state index in [4.69, 9.17) is 10.5 Å². The van der Waals surface area contributed by atoms with Crippen LogP contribution in [0.4, 0.5) is 0 Å². The molecule has 0 radical (unpaired) electrons. The first-order chi connectivity index (χ1) is 7.99. The Morgan fingerprint density at radius 3 is 2.76 bits per heavy atom. The Bertz CT molecular complexity index is 253. The summed E-state index contributed by atoms with van der Waals surface area (Å²) in [4.78, 5) is 2.39. The molecule has 0 aliphatic carbocycles. The van der Waals surface area contributed by atoms with Crippen LogP contribution >= 0.6 is 0 Å². The molecule has 0 bridgehead atoms. The number of rotatable bonds is 4. The van der Waals surface area contributed by atoms with E-state index in [-0.39, 0.29) is 11.1 Å². The van der Waals surface area contributed by atoms with Crippen LogP contribution in [-0.2, 0) is 4.74 Å². The van der Waals surface area contributed by atoms with Gasteiger partial charge in [0.25, 0.3) is 0 Å². The van der Waals surface area contributed by atoms with Gasteiger partial charge in [0.2, 0.25) is 0 Å². The summed E-state index contributed by atoms with van der Waals surface area (Å²) in [6.07, 6.45) is 3.48. The van der Waals surface area contributed by atoms with E-state index in [2.05, 4.69) is 31.1 Å². The first-order valence-corrected chi connectivity index (χ1v) is 6.78. The third kappa shape index (κ3) is 2.81. The highest BCUT2D eigenvalue weighted by Gasteiger charge is 2.41. The molecule has 0 aromatic rings. The molecular formula is C13H27N3O. The predicted molar refractivity (Wildman–Crippen MR) is 70.1 cm³/mol. The van der Waals surface area contributed by atoms with Gasteiger partial charge in [-0.1, -0.05) is 0 Å². The maximum atomic E-state index is 5.99. The average molecular weight is 241 g/mol. The lowest BCUT2D eigenvalue weighted by atomic mass is 9.94. The molecule has 0 spiro atoms. The minimum Gasteiger partial charge on any atom is -0.374 e. The second-order valence-electron chi connectivity index (χ2n) is 6.21. The summed E-state index contributed by atoms with van der Waals surface area (Å²) in [6.45, 7) is 8.06. The molecule has 0 amide bonds. The van der Waals surface area contributed by atoms with Crippen molar-refractivity contribution in [3.63, 3.8) is 0 Å². The number of nitrogens with zero attached hydrogens (tertiary/aromatic N) is 1. The zero-order chi connectivity index (χ0) is 12.5. The molecular weight excluding hydrogens is 214 g/mol. The fourth-order valence-electron chi connectivity index (χ4n) is 3.12. The van der Waals surface area contributed by atoms with Crippen LogP contribution in [0.1, 0.15) is 33.1 Å². The number of ether oxygens (including phenoxy) is 1. The van der Waals surface area contributed by atoms with Crippen LogP contribution in [0.15, 0.2) is 0 Å². The van der Waals surface area contributed by atoms with Crippen molar-refractivity contribution >= 4 is 0 Å². The number of hydrogen-bond donors (Lipinski definition) is 2. The van der Waals surface area contributed by atoms with Crippen molar-refractivity contribution in [2.75, 3.05) is 33.3 Å². The van der Waals surface area contributed by atoms with Gasteiger partial charge < -0.3 is 20.7 Å². The van der Waals surface area contributed by atoms with E-state index in [1.807, 2.05) is 0 Å². The summed E-state index contributed by atoms with van der Waals surface area (Å²) in [5, 5.41) is 3.70. The van der Waals surface area contributed by atoms with Gasteiger partial charge in [0, 0.05) is 37.8 Å². The van der Waals surface area contributed by atoms with Crippen LogP contribution in [0.2, 0.25) is 0 Å². The quantitative estimate of drug-likeness (QED) is 0.755. The molecule has 0 aromatic carbocycles. The first-order valence-electron chi connectivity index (χ1n) is 6.78. The van der Waals surface area contributed by atoms with E-state index >= 15 is 0 Å². The highest BCUT2D eigenvalue weighted by atomic mass is 16.5. The Hall–Kier alpha value is -0.160. The van der Waals surface area contributed by atoms with Crippen LogP contribution in [0.5, 0.6) is 0 Å². The Kier molecular flexibility index (Phi) is 3.78. The number of nitrogens with two attached hydrogens (primary N) is 1. The molecule has 17 heavy (non-hydrogen) atoms. The molecule has 4 heteroatoms. The molecule has 2 saturated heterocycles. The number of likely N-dealkylation sites (tertiary alicyclic amines) is 1. The normalized spacial score (nSPS) is 43.4. The highest BCUT2D eigenvalue weighted by molar-refractivity contribution is 5.02. The van der Waals surface area contributed by atoms with E-state index < -0.39 is 0 Å². The second-order valence-corrected chi connectivity index (χ2v) is 6.21. The Morgan fingerprint density at radius 1 is 1.53 bits per heavy atom. The molecule has 2 aliphatic heterocycles. The first kappa shape index (κ1) is 13.3. The van der Waals surface area contributed by atoms with Gasteiger partial charge in [0.05, 0.1) is 5.60 Å². The van der Waals surface area contributed by atoms with Gasteiger partial charge in [-0.2, -0.15) is 0 Å². The molecule has 2 rings (SSSR count). The fraction of sp³-hybridized carbons (Fsp3) is 1.00.